The van der Waals surface area contributed by atoms with Gasteiger partial charge in [-0.05, 0) is 135 Å². The summed E-state index contributed by atoms with van der Waals surface area (Å²) in [5, 5.41) is 9.82. The third-order valence-corrected chi connectivity index (χ3v) is 13.8. The summed E-state index contributed by atoms with van der Waals surface area (Å²) in [7, 11) is 1.36. The van der Waals surface area contributed by atoms with Gasteiger partial charge in [0.25, 0.3) is 0 Å². The van der Waals surface area contributed by atoms with E-state index in [1.54, 1.807) is 34.1 Å². The molecule has 1 N–H and O–H groups in total. The number of carboxylic acid groups (broad SMARTS) is 1. The van der Waals surface area contributed by atoms with Crippen LogP contribution in [0.5, 0.6) is 11.5 Å². The van der Waals surface area contributed by atoms with Crippen molar-refractivity contribution in [2.75, 3.05) is 30.0 Å². The summed E-state index contributed by atoms with van der Waals surface area (Å²) in [6.45, 7) is 6.06. The largest absolute Gasteiger partial charge is 0.488 e. The Hall–Kier alpha value is -7.68. The predicted octanol–water partition coefficient (Wildman–Crippen LogP) is 13.3. The first-order valence-corrected chi connectivity index (χ1v) is 25.5. The number of aryl methyl sites for hydroxylation is 2. The fourth-order valence-corrected chi connectivity index (χ4v) is 9.99. The maximum absolute atomic E-state index is 12.6. The third kappa shape index (κ3) is 11.4. The normalized spacial score (nSPS) is 13.2. The van der Waals surface area contributed by atoms with Crippen LogP contribution in [-0.2, 0) is 27.5 Å². The summed E-state index contributed by atoms with van der Waals surface area (Å²) in [5.74, 6) is 0.0367. The van der Waals surface area contributed by atoms with Crippen molar-refractivity contribution in [2.45, 2.75) is 52.7 Å². The fourth-order valence-electron chi connectivity index (χ4n) is 9.27. The maximum atomic E-state index is 12.6. The minimum Gasteiger partial charge on any atom is -0.488 e. The molecule has 4 heterocycles. The Morgan fingerprint density at radius 3 is 1.37 bits per heavy atom. The summed E-state index contributed by atoms with van der Waals surface area (Å²) >= 11 is 7.19. The highest BCUT2D eigenvalue weighted by atomic mass is 79.9. The molecule has 370 valence electrons. The number of hydrogen-bond acceptors (Lipinski definition) is 7. The van der Waals surface area contributed by atoms with Gasteiger partial charge in [-0.1, -0.05) is 92.5 Å². The first-order chi connectivity index (χ1) is 35.3. The summed E-state index contributed by atoms with van der Waals surface area (Å²) in [4.78, 5) is 52.9. The van der Waals surface area contributed by atoms with Crippen LogP contribution in [-0.4, -0.2) is 58.2 Å². The zero-order valence-corrected chi connectivity index (χ0v) is 43.7. The molecule has 2 aliphatic heterocycles. The number of benzene rings is 6. The highest BCUT2D eigenvalue weighted by Crippen LogP contribution is 2.39. The molecule has 0 spiro atoms. The van der Waals surface area contributed by atoms with Crippen molar-refractivity contribution in [2.24, 2.45) is 0 Å². The Balaban J connectivity index is 0.000000180. The smallest absolute Gasteiger partial charge is 0.337 e. The number of amides is 2. The Bertz CT molecular complexity index is 3350. The van der Waals surface area contributed by atoms with Gasteiger partial charge < -0.3 is 38.3 Å². The molecule has 2 saturated heterocycles. The number of carbonyl (C=O) groups excluding carboxylic acids is 3. The van der Waals surface area contributed by atoms with E-state index < -0.39 is 11.9 Å². The number of aromatic carboxylic acids is 1. The molecule has 8 aromatic rings. The molecule has 0 bridgehead atoms. The zero-order valence-electron chi connectivity index (χ0n) is 40.5. The van der Waals surface area contributed by atoms with E-state index in [4.69, 9.17) is 14.2 Å². The maximum Gasteiger partial charge on any atom is 0.337 e. The van der Waals surface area contributed by atoms with E-state index in [0.717, 1.165) is 78.3 Å². The highest BCUT2D eigenvalue weighted by Gasteiger charge is 2.27. The summed E-state index contributed by atoms with van der Waals surface area (Å²) in [6.07, 6.45) is 2.54. The van der Waals surface area contributed by atoms with Gasteiger partial charge in [-0.25, -0.2) is 9.59 Å². The van der Waals surface area contributed by atoms with E-state index in [2.05, 4.69) is 36.4 Å². The number of aromatic nitrogens is 2. The second-order valence-corrected chi connectivity index (χ2v) is 19.6. The van der Waals surface area contributed by atoms with Crippen LogP contribution in [0.2, 0.25) is 0 Å². The number of ether oxygens (including phenoxy) is 3. The van der Waals surface area contributed by atoms with Crippen LogP contribution in [0.4, 0.5) is 11.4 Å². The Labute approximate surface area is 440 Å². The molecule has 10 rings (SSSR count). The molecule has 0 radical (unpaired) electrons. The minimum atomic E-state index is -1.04. The molecule has 2 fully saturated rings. The lowest BCUT2D eigenvalue weighted by atomic mass is 10.1. The van der Waals surface area contributed by atoms with Gasteiger partial charge in [-0.3, -0.25) is 9.59 Å². The van der Waals surface area contributed by atoms with Gasteiger partial charge in [0.15, 0.2) is 0 Å². The molecule has 0 unspecified atom stereocenters. The van der Waals surface area contributed by atoms with Crippen LogP contribution in [0.15, 0.2) is 167 Å². The second kappa shape index (κ2) is 22.4. The van der Waals surface area contributed by atoms with E-state index in [0.29, 0.717) is 67.5 Å². The number of nitrogens with zero attached hydrogens (tertiary/aromatic N) is 4. The molecule has 2 aromatic heterocycles. The van der Waals surface area contributed by atoms with Crippen molar-refractivity contribution in [1.29, 1.82) is 0 Å². The lowest BCUT2D eigenvalue weighted by Gasteiger charge is -2.21. The topological polar surface area (TPSA) is 133 Å². The number of anilines is 2. The molecule has 73 heavy (non-hydrogen) atoms. The molecule has 12 nitrogen and oxygen atoms in total. The van der Waals surface area contributed by atoms with Gasteiger partial charge in [0.2, 0.25) is 11.8 Å². The predicted molar refractivity (Wildman–Crippen MR) is 290 cm³/mol. The minimum absolute atomic E-state index is 0.0107. The Morgan fingerprint density at radius 1 is 0.534 bits per heavy atom. The van der Waals surface area contributed by atoms with E-state index in [1.807, 2.05) is 152 Å². The molecule has 0 aliphatic carbocycles. The molecule has 0 saturated carbocycles. The van der Waals surface area contributed by atoms with Crippen LogP contribution in [0.25, 0.3) is 33.9 Å². The van der Waals surface area contributed by atoms with Crippen LogP contribution < -0.4 is 19.3 Å². The van der Waals surface area contributed by atoms with Crippen LogP contribution in [0.1, 0.15) is 68.9 Å². The number of methoxy groups -OCH3 is 1. The molecule has 2 amide bonds. The van der Waals surface area contributed by atoms with Gasteiger partial charge in [-0.15, -0.1) is 0 Å². The van der Waals surface area contributed by atoms with E-state index in [-0.39, 0.29) is 17.4 Å². The second-order valence-electron chi connectivity index (χ2n) is 17.8. The molecular formula is C59H52Br2N4O8. The van der Waals surface area contributed by atoms with E-state index in [9.17, 15) is 24.3 Å². The van der Waals surface area contributed by atoms with Crippen molar-refractivity contribution in [1.82, 2.24) is 9.13 Å². The molecule has 0 atom stereocenters. The average molecular weight is 1100 g/mol. The number of rotatable bonds is 14. The van der Waals surface area contributed by atoms with Crippen molar-refractivity contribution in [3.8, 4) is 45.4 Å². The lowest BCUT2D eigenvalue weighted by molar-refractivity contribution is -0.117. The van der Waals surface area contributed by atoms with E-state index in [1.165, 1.54) is 7.11 Å². The van der Waals surface area contributed by atoms with Gasteiger partial charge in [0.1, 0.15) is 24.7 Å². The summed E-state index contributed by atoms with van der Waals surface area (Å²) < 4.78 is 23.4. The van der Waals surface area contributed by atoms with Crippen LogP contribution in [0, 0.1) is 13.8 Å². The third-order valence-electron chi connectivity index (χ3n) is 12.8. The monoisotopic (exact) mass is 1100 g/mol. The standard InChI is InChI=1S/C30H27BrN2O4.C29H25BrN2O4/c1-20-10-12-27(26-17-23(31)11-13-28(26)37-19-21-7-4-3-5-8-21)33(20)25-16-22(30(35)36-2)15-24(18-25)32-14-6-9-29(32)34;1-19-9-11-26(25-16-22(30)10-12-27(25)36-18-20-6-3-2-4-7-20)32(19)24-15-21(29(34)35)14-23(17-24)31-13-5-8-28(31)33/h3-5,7-8,10-13,15-18H,6,9,14,19H2,1-2H3;2-4,6-7,9-12,14-17H,5,8,13,18H2,1H3,(H,34,35). The van der Waals surface area contributed by atoms with Gasteiger partial charge in [-0.2, -0.15) is 0 Å². The van der Waals surface area contributed by atoms with Gasteiger partial charge >= 0.3 is 11.9 Å². The Kier molecular flexibility index (Phi) is 15.4. The van der Waals surface area contributed by atoms with Crippen LogP contribution in [0.3, 0.4) is 0 Å². The van der Waals surface area contributed by atoms with Gasteiger partial charge in [0, 0.05) is 80.1 Å². The van der Waals surface area contributed by atoms with Crippen molar-refractivity contribution in [3.63, 3.8) is 0 Å². The van der Waals surface area contributed by atoms with Gasteiger partial charge in [0.05, 0.1) is 29.6 Å². The highest BCUT2D eigenvalue weighted by molar-refractivity contribution is 9.10. The number of hydrogen-bond donors (Lipinski definition) is 1. The first-order valence-electron chi connectivity index (χ1n) is 23.9. The quantitative estimate of drug-likeness (QED) is 0.106. The Morgan fingerprint density at radius 2 is 0.959 bits per heavy atom. The number of carbonyl (C=O) groups is 4. The lowest BCUT2D eigenvalue weighted by Crippen LogP contribution is -2.24. The summed E-state index contributed by atoms with van der Waals surface area (Å²) in [6, 6.07) is 50.4. The zero-order chi connectivity index (χ0) is 51.2. The average Bonchev–Trinajstić information content (AvgIpc) is 4.22. The van der Waals surface area contributed by atoms with E-state index >= 15 is 0 Å². The molecular weight excluding hydrogens is 1050 g/mol. The number of esters is 1. The van der Waals surface area contributed by atoms with Crippen LogP contribution >= 0.6 is 31.9 Å². The molecule has 14 heteroatoms. The number of carboxylic acids is 1. The summed E-state index contributed by atoms with van der Waals surface area (Å²) in [5.41, 5.74) is 10.8. The first kappa shape index (κ1) is 50.3. The van der Waals surface area contributed by atoms with Crippen molar-refractivity contribution in [3.05, 3.63) is 200 Å². The SMILES string of the molecule is COC(=O)c1cc(N2CCCC2=O)cc(-n2c(C)ccc2-c2cc(Br)ccc2OCc2ccccc2)c1.Cc1ccc(-c2cc(Br)ccc2OCc2ccccc2)n1-c1cc(C(=O)O)cc(N2CCCC2=O)c1. The fraction of sp³-hybridized carbons (Fsp3) is 0.186. The number of halogens is 2. The van der Waals surface area contributed by atoms with Crippen molar-refractivity contribution >= 4 is 67.0 Å². The molecule has 6 aromatic carbocycles. The molecule has 2 aliphatic rings. The van der Waals surface area contributed by atoms with Crippen molar-refractivity contribution < 1.29 is 38.5 Å².